The van der Waals surface area contributed by atoms with E-state index in [9.17, 15) is 4.79 Å². The standard InChI is InChI=1S/C12H17N3O/c1-3-4-5-6-7-12(16)15-10(2)11-8-13-14-9-11/h1,8-10H,4-7H2,2H3,(H,13,14)(H,15,16). The first-order valence-corrected chi connectivity index (χ1v) is 5.45. The summed E-state index contributed by atoms with van der Waals surface area (Å²) in [7, 11) is 0. The third kappa shape index (κ3) is 4.18. The number of nitrogens with one attached hydrogen (secondary N) is 2. The molecule has 0 fully saturated rings. The van der Waals surface area contributed by atoms with Gasteiger partial charge in [0.05, 0.1) is 12.2 Å². The fraction of sp³-hybridized carbons (Fsp3) is 0.500. The summed E-state index contributed by atoms with van der Waals surface area (Å²) >= 11 is 0. The van der Waals surface area contributed by atoms with Crippen LogP contribution in [-0.2, 0) is 4.79 Å². The maximum Gasteiger partial charge on any atom is 0.220 e. The molecule has 1 aromatic rings. The van der Waals surface area contributed by atoms with Gasteiger partial charge in [0.25, 0.3) is 0 Å². The van der Waals surface area contributed by atoms with Crippen molar-refractivity contribution < 1.29 is 4.79 Å². The Balaban J connectivity index is 2.22. The Bertz CT molecular complexity index is 351. The molecule has 1 amide bonds. The quantitative estimate of drug-likeness (QED) is 0.566. The van der Waals surface area contributed by atoms with Crippen molar-refractivity contribution in [1.29, 1.82) is 0 Å². The summed E-state index contributed by atoms with van der Waals surface area (Å²) in [6, 6.07) is -0.00103. The van der Waals surface area contributed by atoms with Gasteiger partial charge >= 0.3 is 0 Å². The van der Waals surface area contributed by atoms with Crippen molar-refractivity contribution >= 4 is 5.91 Å². The number of nitrogens with zero attached hydrogens (tertiary/aromatic N) is 1. The Labute approximate surface area is 95.8 Å². The smallest absolute Gasteiger partial charge is 0.220 e. The molecule has 0 spiro atoms. The van der Waals surface area contributed by atoms with Gasteiger partial charge in [0.2, 0.25) is 5.91 Å². The Morgan fingerprint density at radius 3 is 3.12 bits per heavy atom. The maximum absolute atomic E-state index is 11.5. The van der Waals surface area contributed by atoms with E-state index in [2.05, 4.69) is 21.4 Å². The number of amides is 1. The molecule has 0 bridgehead atoms. The van der Waals surface area contributed by atoms with Crippen LogP contribution in [0.15, 0.2) is 12.4 Å². The van der Waals surface area contributed by atoms with Crippen LogP contribution < -0.4 is 5.32 Å². The Hall–Kier alpha value is -1.76. The maximum atomic E-state index is 11.5. The molecule has 2 N–H and O–H groups in total. The second-order valence-corrected chi connectivity index (χ2v) is 3.73. The number of rotatable bonds is 6. The minimum absolute atomic E-state index is 0.00103. The van der Waals surface area contributed by atoms with Crippen LogP contribution in [0.1, 0.15) is 44.2 Å². The van der Waals surface area contributed by atoms with Crippen molar-refractivity contribution in [3.63, 3.8) is 0 Å². The summed E-state index contributed by atoms with van der Waals surface area (Å²) in [6.07, 6.45) is 11.6. The lowest BCUT2D eigenvalue weighted by atomic mass is 10.1. The average molecular weight is 219 g/mol. The summed E-state index contributed by atoms with van der Waals surface area (Å²) < 4.78 is 0. The van der Waals surface area contributed by atoms with Gasteiger partial charge in [-0.15, -0.1) is 12.3 Å². The van der Waals surface area contributed by atoms with Gasteiger partial charge in [0, 0.05) is 24.6 Å². The molecule has 1 unspecified atom stereocenters. The van der Waals surface area contributed by atoms with Crippen LogP contribution >= 0.6 is 0 Å². The van der Waals surface area contributed by atoms with Crippen LogP contribution in [0.3, 0.4) is 0 Å². The lowest BCUT2D eigenvalue weighted by Gasteiger charge is -2.11. The van der Waals surface area contributed by atoms with Crippen molar-refractivity contribution in [3.05, 3.63) is 18.0 Å². The number of hydrogen-bond acceptors (Lipinski definition) is 2. The lowest BCUT2D eigenvalue weighted by Crippen LogP contribution is -2.26. The molecule has 1 rings (SSSR count). The fourth-order valence-electron chi connectivity index (χ4n) is 1.41. The third-order valence-electron chi connectivity index (χ3n) is 2.37. The highest BCUT2D eigenvalue weighted by Crippen LogP contribution is 2.09. The van der Waals surface area contributed by atoms with Gasteiger partial charge in [0.1, 0.15) is 0 Å². The summed E-state index contributed by atoms with van der Waals surface area (Å²) in [5, 5.41) is 9.47. The Morgan fingerprint density at radius 1 is 1.69 bits per heavy atom. The largest absolute Gasteiger partial charge is 0.349 e. The molecule has 1 heterocycles. The van der Waals surface area contributed by atoms with Crippen LogP contribution in [0.5, 0.6) is 0 Å². The van der Waals surface area contributed by atoms with Crippen LogP contribution in [0.4, 0.5) is 0 Å². The van der Waals surface area contributed by atoms with Gasteiger partial charge in [-0.05, 0) is 19.8 Å². The first kappa shape index (κ1) is 12.3. The molecule has 16 heavy (non-hydrogen) atoms. The van der Waals surface area contributed by atoms with E-state index >= 15 is 0 Å². The molecule has 0 aromatic carbocycles. The number of H-pyrrole nitrogens is 1. The molecule has 0 aliphatic rings. The predicted molar refractivity (Wildman–Crippen MR) is 62.4 cm³/mol. The zero-order valence-electron chi connectivity index (χ0n) is 9.49. The number of terminal acetylenes is 1. The Morgan fingerprint density at radius 2 is 2.50 bits per heavy atom. The van der Waals surface area contributed by atoms with Crippen LogP contribution in [0, 0.1) is 12.3 Å². The van der Waals surface area contributed by atoms with Crippen LogP contribution in [0.2, 0.25) is 0 Å². The molecule has 4 nitrogen and oxygen atoms in total. The lowest BCUT2D eigenvalue weighted by molar-refractivity contribution is -0.121. The van der Waals surface area contributed by atoms with E-state index in [0.29, 0.717) is 6.42 Å². The Kier molecular flexibility index (Phi) is 5.13. The number of aromatic amines is 1. The van der Waals surface area contributed by atoms with Crippen molar-refractivity contribution in [2.45, 2.75) is 38.6 Å². The molecular formula is C12H17N3O. The number of unbranched alkanes of at least 4 members (excludes halogenated alkanes) is 2. The molecule has 0 radical (unpaired) electrons. The van der Waals surface area contributed by atoms with Crippen molar-refractivity contribution in [3.8, 4) is 12.3 Å². The normalized spacial score (nSPS) is 11.8. The minimum Gasteiger partial charge on any atom is -0.349 e. The summed E-state index contributed by atoms with van der Waals surface area (Å²) in [5.74, 6) is 2.62. The van der Waals surface area contributed by atoms with Gasteiger partial charge in [0.15, 0.2) is 0 Å². The van der Waals surface area contributed by atoms with Crippen LogP contribution in [0.25, 0.3) is 0 Å². The average Bonchev–Trinajstić information content (AvgIpc) is 2.77. The van der Waals surface area contributed by atoms with E-state index in [1.165, 1.54) is 0 Å². The molecule has 0 aliphatic carbocycles. The number of carbonyl (C=O) groups excluding carboxylic acids is 1. The number of aromatic nitrogens is 2. The predicted octanol–water partition coefficient (Wildman–Crippen LogP) is 1.78. The van der Waals surface area contributed by atoms with Gasteiger partial charge < -0.3 is 5.32 Å². The van der Waals surface area contributed by atoms with E-state index in [0.717, 1.165) is 24.8 Å². The summed E-state index contributed by atoms with van der Waals surface area (Å²) in [5.41, 5.74) is 0.983. The highest BCUT2D eigenvalue weighted by molar-refractivity contribution is 5.76. The van der Waals surface area contributed by atoms with Crippen LogP contribution in [-0.4, -0.2) is 16.1 Å². The highest BCUT2D eigenvalue weighted by atomic mass is 16.1. The molecule has 4 heteroatoms. The third-order valence-corrected chi connectivity index (χ3v) is 2.37. The summed E-state index contributed by atoms with van der Waals surface area (Å²) in [4.78, 5) is 11.5. The molecule has 0 saturated heterocycles. The first-order chi connectivity index (χ1) is 7.74. The number of carbonyl (C=O) groups is 1. The van der Waals surface area contributed by atoms with E-state index in [1.807, 2.05) is 6.92 Å². The van der Waals surface area contributed by atoms with E-state index in [1.54, 1.807) is 12.4 Å². The van der Waals surface area contributed by atoms with Crippen molar-refractivity contribution in [1.82, 2.24) is 15.5 Å². The second-order valence-electron chi connectivity index (χ2n) is 3.73. The molecule has 1 atom stereocenters. The molecule has 0 aliphatic heterocycles. The highest BCUT2D eigenvalue weighted by Gasteiger charge is 2.09. The molecule has 0 saturated carbocycles. The minimum atomic E-state index is -0.00103. The second kappa shape index (κ2) is 6.67. The van der Waals surface area contributed by atoms with E-state index in [-0.39, 0.29) is 11.9 Å². The van der Waals surface area contributed by atoms with Crippen molar-refractivity contribution in [2.75, 3.05) is 0 Å². The monoisotopic (exact) mass is 219 g/mol. The van der Waals surface area contributed by atoms with Gasteiger partial charge in [-0.2, -0.15) is 5.10 Å². The summed E-state index contributed by atoms with van der Waals surface area (Å²) in [6.45, 7) is 1.93. The first-order valence-electron chi connectivity index (χ1n) is 5.45. The van der Waals surface area contributed by atoms with Crippen molar-refractivity contribution in [2.24, 2.45) is 0 Å². The number of hydrogen-bond donors (Lipinski definition) is 2. The fourth-order valence-corrected chi connectivity index (χ4v) is 1.41. The van der Waals surface area contributed by atoms with E-state index in [4.69, 9.17) is 6.42 Å². The topological polar surface area (TPSA) is 57.8 Å². The molecular weight excluding hydrogens is 202 g/mol. The molecule has 86 valence electrons. The van der Waals surface area contributed by atoms with Gasteiger partial charge in [-0.1, -0.05) is 0 Å². The van der Waals surface area contributed by atoms with Gasteiger partial charge in [-0.3, -0.25) is 9.89 Å². The SMILES string of the molecule is C#CCCCCC(=O)NC(C)c1cn[nH]c1. The zero-order chi connectivity index (χ0) is 11.8. The zero-order valence-corrected chi connectivity index (χ0v) is 9.49. The molecule has 1 aromatic heterocycles. The van der Waals surface area contributed by atoms with E-state index < -0.39 is 0 Å². The van der Waals surface area contributed by atoms with Gasteiger partial charge in [-0.25, -0.2) is 0 Å².